The minimum Gasteiger partial charge on any atom is -0.497 e. The molecule has 0 heterocycles. The highest BCUT2D eigenvalue weighted by Crippen LogP contribution is 2.29. The molecule has 0 amide bonds. The van der Waals surface area contributed by atoms with E-state index in [1.165, 1.54) is 12.1 Å². The summed E-state index contributed by atoms with van der Waals surface area (Å²) in [6, 6.07) is 9.92. The van der Waals surface area contributed by atoms with Gasteiger partial charge in [-0.25, -0.2) is 4.39 Å². The van der Waals surface area contributed by atoms with Gasteiger partial charge in [-0.15, -0.1) is 0 Å². The second kappa shape index (κ2) is 4.96. The molecular formula is C14H15FN2O. The number of hydrogen-bond donors (Lipinski definition) is 2. The number of anilines is 3. The third-order valence-corrected chi connectivity index (χ3v) is 2.72. The van der Waals surface area contributed by atoms with Crippen molar-refractivity contribution in [2.24, 2.45) is 0 Å². The van der Waals surface area contributed by atoms with Crippen molar-refractivity contribution in [2.45, 2.75) is 6.92 Å². The zero-order valence-corrected chi connectivity index (χ0v) is 10.3. The summed E-state index contributed by atoms with van der Waals surface area (Å²) in [4.78, 5) is 0. The Balaban J connectivity index is 2.33. The molecule has 3 nitrogen and oxygen atoms in total. The van der Waals surface area contributed by atoms with E-state index in [9.17, 15) is 4.39 Å². The normalized spacial score (nSPS) is 10.2. The fourth-order valence-electron chi connectivity index (χ4n) is 1.68. The molecule has 18 heavy (non-hydrogen) atoms. The van der Waals surface area contributed by atoms with E-state index in [1.54, 1.807) is 31.4 Å². The minimum absolute atomic E-state index is 0.253. The Labute approximate surface area is 105 Å². The molecule has 0 bridgehead atoms. The second-order valence-electron chi connectivity index (χ2n) is 4.04. The van der Waals surface area contributed by atoms with Gasteiger partial charge in [0, 0.05) is 11.8 Å². The van der Waals surface area contributed by atoms with Crippen molar-refractivity contribution in [3.63, 3.8) is 0 Å². The van der Waals surface area contributed by atoms with E-state index in [0.29, 0.717) is 11.4 Å². The summed E-state index contributed by atoms with van der Waals surface area (Å²) < 4.78 is 18.2. The van der Waals surface area contributed by atoms with Crippen molar-refractivity contribution < 1.29 is 9.13 Å². The molecule has 2 aromatic carbocycles. The Morgan fingerprint density at radius 2 is 1.89 bits per heavy atom. The van der Waals surface area contributed by atoms with E-state index in [4.69, 9.17) is 10.5 Å². The Bertz CT molecular complexity index is 570. The Hall–Kier alpha value is -2.23. The quantitative estimate of drug-likeness (QED) is 0.815. The topological polar surface area (TPSA) is 47.3 Å². The van der Waals surface area contributed by atoms with Crippen molar-refractivity contribution in [3.05, 3.63) is 47.8 Å². The highest BCUT2D eigenvalue weighted by molar-refractivity contribution is 5.75. The molecule has 0 saturated heterocycles. The Kier molecular flexibility index (Phi) is 3.37. The van der Waals surface area contributed by atoms with E-state index < -0.39 is 0 Å². The van der Waals surface area contributed by atoms with Crippen LogP contribution in [-0.4, -0.2) is 7.11 Å². The smallest absolute Gasteiger partial charge is 0.123 e. The number of nitrogens with two attached hydrogens (primary N) is 1. The van der Waals surface area contributed by atoms with Gasteiger partial charge in [0.2, 0.25) is 0 Å². The van der Waals surface area contributed by atoms with Crippen LogP contribution < -0.4 is 15.8 Å². The van der Waals surface area contributed by atoms with Gasteiger partial charge >= 0.3 is 0 Å². The molecule has 0 saturated carbocycles. The second-order valence-corrected chi connectivity index (χ2v) is 4.04. The first-order chi connectivity index (χ1) is 8.60. The van der Waals surface area contributed by atoms with Gasteiger partial charge in [-0.1, -0.05) is 0 Å². The molecular weight excluding hydrogens is 231 g/mol. The van der Waals surface area contributed by atoms with Crippen LogP contribution in [0.15, 0.2) is 36.4 Å². The van der Waals surface area contributed by atoms with Crippen molar-refractivity contribution in [1.82, 2.24) is 0 Å². The molecule has 0 radical (unpaired) electrons. The average molecular weight is 246 g/mol. The largest absolute Gasteiger partial charge is 0.497 e. The van der Waals surface area contributed by atoms with Crippen molar-refractivity contribution in [1.29, 1.82) is 0 Å². The number of methoxy groups -OCH3 is 1. The monoisotopic (exact) mass is 246 g/mol. The predicted molar refractivity (Wildman–Crippen MR) is 71.8 cm³/mol. The lowest BCUT2D eigenvalue weighted by molar-refractivity contribution is 0.415. The highest BCUT2D eigenvalue weighted by atomic mass is 19.1. The molecule has 4 heteroatoms. The first-order valence-corrected chi connectivity index (χ1v) is 5.57. The third-order valence-electron chi connectivity index (χ3n) is 2.72. The molecule has 3 N–H and O–H groups in total. The maximum absolute atomic E-state index is 13.0. The van der Waals surface area contributed by atoms with Crippen LogP contribution in [0.5, 0.6) is 5.75 Å². The molecule has 0 aliphatic rings. The van der Waals surface area contributed by atoms with Crippen LogP contribution in [-0.2, 0) is 0 Å². The number of benzene rings is 2. The molecule has 2 aromatic rings. The van der Waals surface area contributed by atoms with E-state index in [2.05, 4.69) is 5.32 Å². The van der Waals surface area contributed by atoms with Crippen LogP contribution in [0.1, 0.15) is 5.56 Å². The number of hydrogen-bond acceptors (Lipinski definition) is 3. The van der Waals surface area contributed by atoms with Gasteiger partial charge < -0.3 is 15.8 Å². The van der Waals surface area contributed by atoms with Gasteiger partial charge in [0.05, 0.1) is 18.5 Å². The standard InChI is InChI=1S/C14H15FN2O/c1-9-7-10(15)3-6-13(9)17-14-8-11(18-2)4-5-12(14)16/h3-8,17H,16H2,1-2H3. The van der Waals surface area contributed by atoms with Gasteiger partial charge in [-0.3, -0.25) is 0 Å². The summed E-state index contributed by atoms with van der Waals surface area (Å²) in [5.41, 5.74) is 8.86. The lowest BCUT2D eigenvalue weighted by Crippen LogP contribution is -1.98. The predicted octanol–water partition coefficient (Wildman–Crippen LogP) is 3.47. The number of nitrogens with one attached hydrogen (secondary N) is 1. The van der Waals surface area contributed by atoms with Crippen LogP contribution in [0, 0.1) is 12.7 Å². The van der Waals surface area contributed by atoms with Crippen LogP contribution >= 0.6 is 0 Å². The SMILES string of the molecule is COc1ccc(N)c(Nc2ccc(F)cc2C)c1. The molecule has 0 spiro atoms. The summed E-state index contributed by atoms with van der Waals surface area (Å²) in [5.74, 6) is 0.461. The number of nitrogen functional groups attached to an aromatic ring is 1. The first kappa shape index (κ1) is 12.2. The molecule has 0 fully saturated rings. The van der Waals surface area contributed by atoms with E-state index in [-0.39, 0.29) is 5.82 Å². The zero-order chi connectivity index (χ0) is 13.1. The summed E-state index contributed by atoms with van der Waals surface area (Å²) in [5, 5.41) is 3.17. The van der Waals surface area contributed by atoms with Crippen molar-refractivity contribution in [3.8, 4) is 5.75 Å². The summed E-state index contributed by atoms with van der Waals surface area (Å²) in [6.45, 7) is 1.84. The number of halogens is 1. The van der Waals surface area contributed by atoms with Gasteiger partial charge in [0.1, 0.15) is 11.6 Å². The van der Waals surface area contributed by atoms with Gasteiger partial charge in [0.15, 0.2) is 0 Å². The van der Waals surface area contributed by atoms with E-state index in [0.717, 1.165) is 16.9 Å². The molecule has 2 rings (SSSR count). The molecule has 94 valence electrons. The molecule has 0 aliphatic heterocycles. The first-order valence-electron chi connectivity index (χ1n) is 5.57. The minimum atomic E-state index is -0.253. The Morgan fingerprint density at radius 1 is 1.11 bits per heavy atom. The average Bonchev–Trinajstić information content (AvgIpc) is 2.35. The van der Waals surface area contributed by atoms with E-state index >= 15 is 0 Å². The number of rotatable bonds is 3. The molecule has 0 unspecified atom stereocenters. The lowest BCUT2D eigenvalue weighted by Gasteiger charge is -2.13. The van der Waals surface area contributed by atoms with Gasteiger partial charge in [-0.2, -0.15) is 0 Å². The summed E-state index contributed by atoms with van der Waals surface area (Å²) in [7, 11) is 1.60. The lowest BCUT2D eigenvalue weighted by atomic mass is 10.1. The van der Waals surface area contributed by atoms with Gasteiger partial charge in [-0.05, 0) is 42.8 Å². The molecule has 0 aromatic heterocycles. The fraction of sp³-hybridized carbons (Fsp3) is 0.143. The summed E-state index contributed by atoms with van der Waals surface area (Å²) >= 11 is 0. The van der Waals surface area contributed by atoms with Crippen LogP contribution in [0.4, 0.5) is 21.5 Å². The van der Waals surface area contributed by atoms with Crippen LogP contribution in [0.3, 0.4) is 0 Å². The maximum atomic E-state index is 13.0. The zero-order valence-electron chi connectivity index (χ0n) is 10.3. The van der Waals surface area contributed by atoms with E-state index in [1.807, 2.05) is 6.92 Å². The van der Waals surface area contributed by atoms with Crippen LogP contribution in [0.25, 0.3) is 0 Å². The maximum Gasteiger partial charge on any atom is 0.123 e. The fourth-order valence-corrected chi connectivity index (χ4v) is 1.68. The molecule has 0 aliphatic carbocycles. The highest BCUT2D eigenvalue weighted by Gasteiger charge is 2.05. The van der Waals surface area contributed by atoms with Gasteiger partial charge in [0.25, 0.3) is 0 Å². The Morgan fingerprint density at radius 3 is 2.56 bits per heavy atom. The number of ether oxygens (including phenoxy) is 1. The third kappa shape index (κ3) is 2.53. The van der Waals surface area contributed by atoms with Crippen LogP contribution in [0.2, 0.25) is 0 Å². The van der Waals surface area contributed by atoms with Crippen molar-refractivity contribution in [2.75, 3.05) is 18.2 Å². The number of aryl methyl sites for hydroxylation is 1. The molecule has 0 atom stereocenters. The van der Waals surface area contributed by atoms with Crippen molar-refractivity contribution >= 4 is 17.1 Å². The summed E-state index contributed by atoms with van der Waals surface area (Å²) in [6.07, 6.45) is 0.